The fourth-order valence-electron chi connectivity index (χ4n) is 2.30. The highest BCUT2D eigenvalue weighted by molar-refractivity contribution is 9.10. The van der Waals surface area contributed by atoms with Gasteiger partial charge >= 0.3 is 0 Å². The Morgan fingerprint density at radius 3 is 2.45 bits per heavy atom. The standard InChI is InChI=1S/C13H20BrN5O/c1-2-10(7-15)12(20)18-3-5-19(6-4-18)13-16-8-11(14)9-17-13/h8-10H,2-7,15H2,1H3. The normalized spacial score (nSPS) is 17.1. The molecule has 0 aliphatic carbocycles. The molecule has 0 saturated carbocycles. The third-order valence-corrected chi connectivity index (χ3v) is 4.02. The van der Waals surface area contributed by atoms with Gasteiger partial charge in [0.05, 0.1) is 10.4 Å². The van der Waals surface area contributed by atoms with Gasteiger partial charge in [-0.25, -0.2) is 9.97 Å². The zero-order valence-electron chi connectivity index (χ0n) is 11.6. The Bertz CT molecular complexity index is 441. The van der Waals surface area contributed by atoms with E-state index in [0.717, 1.165) is 24.0 Å². The van der Waals surface area contributed by atoms with E-state index >= 15 is 0 Å². The van der Waals surface area contributed by atoms with Crippen molar-refractivity contribution in [3.63, 3.8) is 0 Å². The zero-order chi connectivity index (χ0) is 14.5. The largest absolute Gasteiger partial charge is 0.339 e. The molecule has 1 aromatic rings. The van der Waals surface area contributed by atoms with E-state index in [1.165, 1.54) is 0 Å². The van der Waals surface area contributed by atoms with E-state index in [4.69, 9.17) is 5.73 Å². The minimum atomic E-state index is -0.0505. The van der Waals surface area contributed by atoms with Gasteiger partial charge in [0, 0.05) is 45.1 Å². The number of nitrogens with two attached hydrogens (primary N) is 1. The Morgan fingerprint density at radius 1 is 1.35 bits per heavy atom. The SMILES string of the molecule is CCC(CN)C(=O)N1CCN(c2ncc(Br)cn2)CC1. The number of hydrogen-bond donors (Lipinski definition) is 1. The summed E-state index contributed by atoms with van der Waals surface area (Å²) in [4.78, 5) is 24.8. The Morgan fingerprint density at radius 2 is 1.95 bits per heavy atom. The van der Waals surface area contributed by atoms with Crippen LogP contribution in [0.15, 0.2) is 16.9 Å². The van der Waals surface area contributed by atoms with E-state index < -0.39 is 0 Å². The molecule has 2 rings (SSSR count). The molecule has 0 radical (unpaired) electrons. The maximum Gasteiger partial charge on any atom is 0.227 e. The van der Waals surface area contributed by atoms with Gasteiger partial charge in [0.25, 0.3) is 0 Å². The fourth-order valence-corrected chi connectivity index (χ4v) is 2.50. The van der Waals surface area contributed by atoms with Gasteiger partial charge < -0.3 is 15.5 Å². The Kier molecular flexibility index (Phi) is 5.31. The highest BCUT2D eigenvalue weighted by atomic mass is 79.9. The number of piperazine rings is 1. The highest BCUT2D eigenvalue weighted by Crippen LogP contribution is 2.15. The van der Waals surface area contributed by atoms with E-state index in [-0.39, 0.29) is 11.8 Å². The van der Waals surface area contributed by atoms with Crippen molar-refractivity contribution in [3.8, 4) is 0 Å². The number of anilines is 1. The van der Waals surface area contributed by atoms with Gasteiger partial charge in [-0.3, -0.25) is 4.79 Å². The molecule has 1 fully saturated rings. The lowest BCUT2D eigenvalue weighted by Gasteiger charge is -2.36. The maximum atomic E-state index is 12.2. The van der Waals surface area contributed by atoms with E-state index in [1.54, 1.807) is 12.4 Å². The second kappa shape index (κ2) is 6.99. The fraction of sp³-hybridized carbons (Fsp3) is 0.615. The number of amides is 1. The molecule has 1 unspecified atom stereocenters. The lowest BCUT2D eigenvalue weighted by molar-refractivity contribution is -0.135. The van der Waals surface area contributed by atoms with Crippen LogP contribution in [0.25, 0.3) is 0 Å². The molecule has 6 nitrogen and oxygen atoms in total. The number of aromatic nitrogens is 2. The molecule has 0 aromatic carbocycles. The zero-order valence-corrected chi connectivity index (χ0v) is 13.2. The summed E-state index contributed by atoms with van der Waals surface area (Å²) in [5, 5.41) is 0. The van der Waals surface area contributed by atoms with Gasteiger partial charge in [-0.15, -0.1) is 0 Å². The summed E-state index contributed by atoms with van der Waals surface area (Å²) in [6.45, 7) is 5.35. The molecule has 1 amide bonds. The third kappa shape index (κ3) is 3.46. The second-order valence-corrected chi connectivity index (χ2v) is 5.77. The van der Waals surface area contributed by atoms with E-state index in [9.17, 15) is 4.79 Å². The first kappa shape index (κ1) is 15.2. The number of hydrogen-bond acceptors (Lipinski definition) is 5. The Labute approximate surface area is 127 Å². The molecule has 1 aliphatic rings. The van der Waals surface area contributed by atoms with Crippen LogP contribution in [0, 0.1) is 5.92 Å². The van der Waals surface area contributed by atoms with Crippen molar-refractivity contribution in [2.24, 2.45) is 11.7 Å². The first-order chi connectivity index (χ1) is 9.65. The molecule has 0 bridgehead atoms. The van der Waals surface area contributed by atoms with Crippen LogP contribution >= 0.6 is 15.9 Å². The van der Waals surface area contributed by atoms with E-state index in [0.29, 0.717) is 25.6 Å². The smallest absolute Gasteiger partial charge is 0.227 e. The average molecular weight is 342 g/mol. The molecule has 110 valence electrons. The van der Waals surface area contributed by atoms with Crippen molar-refractivity contribution in [1.29, 1.82) is 0 Å². The van der Waals surface area contributed by atoms with E-state index in [1.807, 2.05) is 11.8 Å². The quantitative estimate of drug-likeness (QED) is 0.879. The molecular formula is C13H20BrN5O. The minimum Gasteiger partial charge on any atom is -0.339 e. The number of carbonyl (C=O) groups excluding carboxylic acids is 1. The third-order valence-electron chi connectivity index (χ3n) is 3.61. The van der Waals surface area contributed by atoms with Crippen LogP contribution in [0.2, 0.25) is 0 Å². The van der Waals surface area contributed by atoms with Gasteiger partial charge in [0.1, 0.15) is 0 Å². The van der Waals surface area contributed by atoms with Crippen LogP contribution in [0.3, 0.4) is 0 Å². The number of rotatable bonds is 4. The predicted octanol–water partition coefficient (Wildman–Crippen LogP) is 0.873. The molecule has 2 heterocycles. The second-order valence-electron chi connectivity index (χ2n) is 4.85. The Balaban J connectivity index is 1.92. The van der Waals surface area contributed by atoms with Crippen LogP contribution in [-0.4, -0.2) is 53.5 Å². The first-order valence-corrected chi connectivity index (χ1v) is 7.66. The maximum absolute atomic E-state index is 12.2. The molecule has 20 heavy (non-hydrogen) atoms. The molecule has 7 heteroatoms. The molecule has 1 atom stereocenters. The monoisotopic (exact) mass is 341 g/mol. The summed E-state index contributed by atoms with van der Waals surface area (Å²) in [6.07, 6.45) is 4.27. The summed E-state index contributed by atoms with van der Waals surface area (Å²) >= 11 is 3.32. The minimum absolute atomic E-state index is 0.0505. The van der Waals surface area contributed by atoms with Gasteiger partial charge in [-0.1, -0.05) is 6.92 Å². The van der Waals surface area contributed by atoms with Crippen molar-refractivity contribution in [3.05, 3.63) is 16.9 Å². The lowest BCUT2D eigenvalue weighted by Crippen LogP contribution is -2.51. The van der Waals surface area contributed by atoms with Crippen LogP contribution in [0.1, 0.15) is 13.3 Å². The lowest BCUT2D eigenvalue weighted by atomic mass is 10.0. The molecule has 0 spiro atoms. The molecule has 1 aliphatic heterocycles. The van der Waals surface area contributed by atoms with Crippen LogP contribution in [0.4, 0.5) is 5.95 Å². The van der Waals surface area contributed by atoms with Crippen molar-refractivity contribution < 1.29 is 4.79 Å². The van der Waals surface area contributed by atoms with Gasteiger partial charge in [-0.05, 0) is 22.4 Å². The summed E-state index contributed by atoms with van der Waals surface area (Å²) in [6, 6.07) is 0. The average Bonchev–Trinajstić information content (AvgIpc) is 2.49. The van der Waals surface area contributed by atoms with Gasteiger partial charge in [0.15, 0.2) is 0 Å². The molecular weight excluding hydrogens is 322 g/mol. The molecule has 2 N–H and O–H groups in total. The van der Waals surface area contributed by atoms with Crippen LogP contribution in [0.5, 0.6) is 0 Å². The first-order valence-electron chi connectivity index (χ1n) is 6.87. The van der Waals surface area contributed by atoms with E-state index in [2.05, 4.69) is 30.8 Å². The predicted molar refractivity (Wildman–Crippen MR) is 81.4 cm³/mol. The van der Waals surface area contributed by atoms with Crippen molar-refractivity contribution >= 4 is 27.8 Å². The van der Waals surface area contributed by atoms with Crippen LogP contribution < -0.4 is 10.6 Å². The molecule has 1 aromatic heterocycles. The van der Waals surface area contributed by atoms with Gasteiger partial charge in [0.2, 0.25) is 11.9 Å². The number of halogens is 1. The Hall–Kier alpha value is -1.21. The number of nitrogens with zero attached hydrogens (tertiary/aromatic N) is 4. The van der Waals surface area contributed by atoms with Crippen molar-refractivity contribution in [2.45, 2.75) is 13.3 Å². The topological polar surface area (TPSA) is 75.4 Å². The summed E-state index contributed by atoms with van der Waals surface area (Å²) in [5.74, 6) is 0.836. The summed E-state index contributed by atoms with van der Waals surface area (Å²) in [5.41, 5.74) is 5.64. The summed E-state index contributed by atoms with van der Waals surface area (Å²) < 4.78 is 0.865. The molecule has 1 saturated heterocycles. The number of carbonyl (C=O) groups is 1. The van der Waals surface area contributed by atoms with Crippen LogP contribution in [-0.2, 0) is 4.79 Å². The van der Waals surface area contributed by atoms with Crippen molar-refractivity contribution in [1.82, 2.24) is 14.9 Å². The summed E-state index contributed by atoms with van der Waals surface area (Å²) in [7, 11) is 0. The van der Waals surface area contributed by atoms with Crippen molar-refractivity contribution in [2.75, 3.05) is 37.6 Å². The highest BCUT2D eigenvalue weighted by Gasteiger charge is 2.26. The van der Waals surface area contributed by atoms with Gasteiger partial charge in [-0.2, -0.15) is 0 Å².